The minimum atomic E-state index is -4.42. The Kier molecular flexibility index (Phi) is 4.81. The number of anilines is 3. The number of urea groups is 1. The Bertz CT molecular complexity index is 937. The molecule has 2 aliphatic heterocycles. The third-order valence-corrected chi connectivity index (χ3v) is 4.89. The predicted molar refractivity (Wildman–Crippen MR) is 98.0 cm³/mol. The number of carbonyl (C=O) groups excluding carboxylic acids is 2. The largest absolute Gasteiger partial charge is 0.389 e. The van der Waals surface area contributed by atoms with Gasteiger partial charge in [-0.1, -0.05) is 0 Å². The maximum Gasteiger partial charge on any atom is 0.389 e. The smallest absolute Gasteiger partial charge is 0.366 e. The van der Waals surface area contributed by atoms with Crippen molar-refractivity contribution in [1.29, 1.82) is 0 Å². The number of rotatable bonds is 4. The Morgan fingerprint density at radius 2 is 2.07 bits per heavy atom. The van der Waals surface area contributed by atoms with E-state index in [9.17, 15) is 22.8 Å². The van der Waals surface area contributed by atoms with Crippen LogP contribution in [0.15, 0.2) is 30.7 Å². The standard InChI is InChI=1S/C18H17F3N6O2/c19-18(20,21)5-3-14(28)12-1-2-13-16(24-12)27(11-4-8-26(13)10-11)17(29)25-15-9-22-6-7-23-15/h1-2,6-7,9,11H,3-5,8,10H2,(H,23,25,29)/t11-/m0/s1. The number of amides is 2. The predicted octanol–water partition coefficient (Wildman–Crippen LogP) is 3.03. The first-order valence-electron chi connectivity index (χ1n) is 9.04. The molecule has 11 heteroatoms. The normalized spacial score (nSPS) is 17.8. The molecule has 0 radical (unpaired) electrons. The van der Waals surface area contributed by atoms with Crippen molar-refractivity contribution in [1.82, 2.24) is 15.0 Å². The highest BCUT2D eigenvalue weighted by atomic mass is 19.4. The Labute approximate surface area is 163 Å². The van der Waals surface area contributed by atoms with Gasteiger partial charge in [0.25, 0.3) is 0 Å². The molecule has 2 amide bonds. The van der Waals surface area contributed by atoms with E-state index in [1.165, 1.54) is 29.6 Å². The number of ketones is 1. The summed E-state index contributed by atoms with van der Waals surface area (Å²) in [7, 11) is 0. The molecule has 0 unspecified atom stereocenters. The molecule has 1 saturated heterocycles. The lowest BCUT2D eigenvalue weighted by Crippen LogP contribution is -2.48. The second-order valence-corrected chi connectivity index (χ2v) is 6.86. The zero-order valence-corrected chi connectivity index (χ0v) is 15.2. The average Bonchev–Trinajstić information content (AvgIpc) is 3.10. The maximum atomic E-state index is 12.9. The number of halogens is 3. The quantitative estimate of drug-likeness (QED) is 0.785. The van der Waals surface area contributed by atoms with Gasteiger partial charge in [0.2, 0.25) is 0 Å². The highest BCUT2D eigenvalue weighted by molar-refractivity contribution is 6.05. The van der Waals surface area contributed by atoms with Crippen molar-refractivity contribution in [3.8, 4) is 0 Å². The Hall–Kier alpha value is -3.24. The molecule has 0 spiro atoms. The van der Waals surface area contributed by atoms with Crippen LogP contribution in [0.5, 0.6) is 0 Å². The van der Waals surface area contributed by atoms with Crippen LogP contribution in [0.1, 0.15) is 29.8 Å². The summed E-state index contributed by atoms with van der Waals surface area (Å²) >= 11 is 0. The van der Waals surface area contributed by atoms with Gasteiger partial charge in [0.05, 0.1) is 24.3 Å². The number of carbonyl (C=O) groups is 2. The van der Waals surface area contributed by atoms with Gasteiger partial charge >= 0.3 is 12.2 Å². The fourth-order valence-electron chi connectivity index (χ4n) is 3.54. The number of hydrogen-bond acceptors (Lipinski definition) is 6. The van der Waals surface area contributed by atoms with E-state index in [4.69, 9.17) is 0 Å². The lowest BCUT2D eigenvalue weighted by molar-refractivity contribution is -0.133. The number of Topliss-reactive ketones (excluding diaryl/α,β-unsaturated/α-hetero) is 1. The summed E-state index contributed by atoms with van der Waals surface area (Å²) in [5.74, 6) is -0.192. The van der Waals surface area contributed by atoms with E-state index in [-0.39, 0.29) is 23.4 Å². The van der Waals surface area contributed by atoms with Crippen LogP contribution in [0.4, 0.5) is 35.3 Å². The molecule has 152 valence electrons. The lowest BCUT2D eigenvalue weighted by atomic mass is 10.1. The molecule has 0 aromatic carbocycles. The zero-order valence-electron chi connectivity index (χ0n) is 15.2. The van der Waals surface area contributed by atoms with E-state index >= 15 is 0 Å². The van der Waals surface area contributed by atoms with Crippen molar-refractivity contribution in [2.45, 2.75) is 31.5 Å². The summed E-state index contributed by atoms with van der Waals surface area (Å²) in [6.45, 7) is 1.33. The lowest BCUT2D eigenvalue weighted by Gasteiger charge is -2.35. The van der Waals surface area contributed by atoms with E-state index in [1.54, 1.807) is 6.07 Å². The SMILES string of the molecule is O=C(CCC(F)(F)F)c1ccc2c(n1)N(C(=O)Nc1cnccn1)[C@H]1CCN2C1. The van der Waals surface area contributed by atoms with Crippen molar-refractivity contribution >= 4 is 29.1 Å². The van der Waals surface area contributed by atoms with Gasteiger partial charge in [-0.05, 0) is 18.6 Å². The van der Waals surface area contributed by atoms with Gasteiger partial charge in [-0.25, -0.2) is 14.8 Å². The Morgan fingerprint density at radius 3 is 2.79 bits per heavy atom. The van der Waals surface area contributed by atoms with Crippen LogP contribution in [0, 0.1) is 0 Å². The number of nitrogens with one attached hydrogen (secondary N) is 1. The molecule has 29 heavy (non-hydrogen) atoms. The van der Waals surface area contributed by atoms with Crippen molar-refractivity contribution in [3.63, 3.8) is 0 Å². The zero-order chi connectivity index (χ0) is 20.6. The van der Waals surface area contributed by atoms with Gasteiger partial charge < -0.3 is 4.90 Å². The molecule has 4 rings (SSSR count). The summed E-state index contributed by atoms with van der Waals surface area (Å²) in [6, 6.07) is 2.40. The first-order valence-corrected chi connectivity index (χ1v) is 9.04. The Morgan fingerprint density at radius 1 is 1.24 bits per heavy atom. The van der Waals surface area contributed by atoms with Crippen LogP contribution in [0.3, 0.4) is 0 Å². The third-order valence-electron chi connectivity index (χ3n) is 4.89. The highest BCUT2D eigenvalue weighted by Crippen LogP contribution is 2.39. The number of alkyl halides is 3. The van der Waals surface area contributed by atoms with E-state index in [1.807, 2.05) is 4.90 Å². The molecule has 1 N–H and O–H groups in total. The third kappa shape index (κ3) is 3.98. The van der Waals surface area contributed by atoms with Gasteiger partial charge in [0.15, 0.2) is 17.4 Å². The summed E-state index contributed by atoms with van der Waals surface area (Å²) in [5.41, 5.74) is 0.577. The van der Waals surface area contributed by atoms with Crippen LogP contribution in [0.25, 0.3) is 0 Å². The monoisotopic (exact) mass is 406 g/mol. The van der Waals surface area contributed by atoms with Gasteiger partial charge in [0, 0.05) is 31.9 Å². The highest BCUT2D eigenvalue weighted by Gasteiger charge is 2.40. The van der Waals surface area contributed by atoms with Crippen molar-refractivity contribution in [2.75, 3.05) is 28.2 Å². The van der Waals surface area contributed by atoms with Crippen molar-refractivity contribution < 1.29 is 22.8 Å². The first-order chi connectivity index (χ1) is 13.8. The molecule has 1 atom stereocenters. The van der Waals surface area contributed by atoms with E-state index in [0.29, 0.717) is 18.7 Å². The number of hydrogen-bond donors (Lipinski definition) is 1. The van der Waals surface area contributed by atoms with Crippen LogP contribution in [0.2, 0.25) is 0 Å². The van der Waals surface area contributed by atoms with Crippen LogP contribution >= 0.6 is 0 Å². The van der Waals surface area contributed by atoms with E-state index in [0.717, 1.165) is 6.54 Å². The van der Waals surface area contributed by atoms with Crippen LogP contribution < -0.4 is 15.1 Å². The molecule has 2 aromatic heterocycles. The fraction of sp³-hybridized carbons (Fsp3) is 0.389. The number of aromatic nitrogens is 3. The summed E-state index contributed by atoms with van der Waals surface area (Å²) in [4.78, 5) is 40.8. The van der Waals surface area contributed by atoms with Gasteiger partial charge in [-0.2, -0.15) is 13.2 Å². The van der Waals surface area contributed by atoms with Gasteiger partial charge in [-0.3, -0.25) is 20.0 Å². The number of nitrogens with zero attached hydrogens (tertiary/aromatic N) is 5. The van der Waals surface area contributed by atoms with Gasteiger partial charge in [0.1, 0.15) is 5.69 Å². The molecule has 4 heterocycles. The fourth-order valence-corrected chi connectivity index (χ4v) is 3.54. The van der Waals surface area contributed by atoms with Crippen molar-refractivity contribution in [3.05, 3.63) is 36.4 Å². The van der Waals surface area contributed by atoms with Gasteiger partial charge in [-0.15, -0.1) is 0 Å². The number of fused-ring (bicyclic) bond motifs is 4. The number of pyridine rings is 1. The Balaban J connectivity index is 1.62. The molecule has 8 nitrogen and oxygen atoms in total. The first kappa shape index (κ1) is 19.1. The molecule has 0 saturated carbocycles. The topological polar surface area (TPSA) is 91.3 Å². The molecular weight excluding hydrogens is 389 g/mol. The molecule has 0 aliphatic carbocycles. The van der Waals surface area contributed by atoms with E-state index < -0.39 is 30.8 Å². The maximum absolute atomic E-state index is 12.9. The molecule has 2 bridgehead atoms. The van der Waals surface area contributed by atoms with E-state index in [2.05, 4.69) is 20.3 Å². The van der Waals surface area contributed by atoms with Crippen molar-refractivity contribution in [2.24, 2.45) is 0 Å². The molecular formula is C18H17F3N6O2. The second-order valence-electron chi connectivity index (χ2n) is 6.86. The summed E-state index contributed by atoms with van der Waals surface area (Å²) in [5, 5.41) is 2.65. The second kappa shape index (κ2) is 7.30. The summed E-state index contributed by atoms with van der Waals surface area (Å²) < 4.78 is 37.3. The molecule has 2 aromatic rings. The molecule has 2 aliphatic rings. The minimum Gasteiger partial charge on any atom is -0.366 e. The van der Waals surface area contributed by atoms with Crippen LogP contribution in [-0.4, -0.2) is 52.1 Å². The summed E-state index contributed by atoms with van der Waals surface area (Å²) in [6.07, 6.45) is -1.30. The average molecular weight is 406 g/mol. The van der Waals surface area contributed by atoms with Crippen LogP contribution in [-0.2, 0) is 0 Å². The minimum absolute atomic E-state index is 0.0900. The molecule has 1 fully saturated rings.